The number of nitrogens with zero attached hydrogens (tertiary/aromatic N) is 14. The maximum atomic E-state index is 12.6. The van der Waals surface area contributed by atoms with Crippen molar-refractivity contribution in [3.05, 3.63) is 352 Å². The van der Waals surface area contributed by atoms with E-state index in [0.717, 1.165) is 70.7 Å². The van der Waals surface area contributed by atoms with Crippen molar-refractivity contribution < 1.29 is 150 Å². The minimum Gasteiger partial charge on any atom is -0.872 e. The number of carboxylic acids is 4. The molecule has 134 heavy (non-hydrogen) atoms. The molecular formula is C91H73F3N15NaO23S. The number of carbonyl (C=O) groups is 6. The summed E-state index contributed by atoms with van der Waals surface area (Å²) >= 11 is 0. The number of aromatic carboxylic acids is 3. The number of rotatable bonds is 25. The number of methoxy groups -OCH3 is 2. The molecule has 0 bridgehead atoms. The third-order valence-electron chi connectivity index (χ3n) is 17.0. The van der Waals surface area contributed by atoms with Crippen molar-refractivity contribution in [2.45, 2.75) is 30.8 Å². The van der Waals surface area contributed by atoms with E-state index in [1.165, 1.54) is 142 Å². The molecule has 0 aliphatic rings. The number of nitrogens with one attached hydrogen (secondary N) is 1. The maximum absolute atomic E-state index is 12.6. The molecule has 0 unspecified atom stereocenters. The van der Waals surface area contributed by atoms with Crippen molar-refractivity contribution in [3.8, 4) is 40.2 Å². The Labute approximate surface area is 779 Å². The van der Waals surface area contributed by atoms with E-state index in [0.29, 0.717) is 17.8 Å². The predicted octanol–water partition coefficient (Wildman–Crippen LogP) is 19.4. The Bertz CT molecular complexity index is 6680. The largest absolute Gasteiger partial charge is 1.00 e. The summed E-state index contributed by atoms with van der Waals surface area (Å²) in [6, 6.07) is 66.9. The monoisotopic (exact) mass is 1860 g/mol. The van der Waals surface area contributed by atoms with Gasteiger partial charge in [0.25, 0.3) is 15.7 Å². The Kier molecular flexibility index (Phi) is 38.9. The summed E-state index contributed by atoms with van der Waals surface area (Å²) in [5, 5.41) is 161. The average molecular weight is 1860 g/mol. The molecule has 0 aliphatic heterocycles. The number of phenols is 6. The second kappa shape index (κ2) is 50.3. The van der Waals surface area contributed by atoms with Gasteiger partial charge in [-0.3, -0.25) is 19.6 Å². The zero-order valence-corrected chi connectivity index (χ0v) is 73.2. The number of alkyl halides is 3. The molecule has 38 nitrogen and oxygen atoms in total. The van der Waals surface area contributed by atoms with Crippen LogP contribution >= 0.6 is 0 Å². The molecular weight excluding hydrogens is 1780 g/mol. The van der Waals surface area contributed by atoms with E-state index in [1.807, 2.05) is 73.7 Å². The zero-order chi connectivity index (χ0) is 96.9. The van der Waals surface area contributed by atoms with Gasteiger partial charge in [0.15, 0.2) is 5.75 Å². The standard InChI is InChI=1S/C18H14N4O5S.C18H16N2O7.C15H14N2O.C14H9F3N2O4.C13H9N3O5.C13H12N2O.Na/c23-16-9-6-13(11-15(16)18(24)25)21-20-12-4-7-14(8-5-12)28(26,27)22-17-3-1-2-10-19-17;1-26-17(24)11-5-12(18(25)27-2)8-14(7-11)20-19-13-3-4-15(21)10(6-13)9-16(22)23;1-2-6-12-11-14(9-10-15(12)18)17-16-13-7-4-3-5-8-13;15-14(16,17)7-2-1-3-8(6-7)18-19-9-4-5-10(20)11(12(9)21)13(22)23;17-12-5-4-9(7-11(12)13(18)19)15-14-8-2-1-3-10(6-8)16(20)21;1-10-9-12(7-8-13(10)16)15-14-11-5-3-2-4-6-11;/h1-11,23H,(H,19,22)(H,24,25);3-8,21H,9H2,1-2H3,(H,22,23);2-5,7-11,18H,1,6H2;1-6,20-21H,(H,22,23);1-7,17H,(H,18,19);2-9,16H,1H3;/q;;;;;;+1/p-1. The van der Waals surface area contributed by atoms with Crippen molar-refractivity contribution in [2.75, 3.05) is 18.9 Å². The van der Waals surface area contributed by atoms with Crippen LogP contribution in [0.15, 0.2) is 358 Å². The maximum Gasteiger partial charge on any atom is 1.00 e. The van der Waals surface area contributed by atoms with Gasteiger partial charge in [0.2, 0.25) is 0 Å². The first-order chi connectivity index (χ1) is 63.4. The van der Waals surface area contributed by atoms with Gasteiger partial charge in [-0.2, -0.15) is 69.4 Å². The molecule has 1 aromatic heterocycles. The number of pyridine rings is 1. The Hall–Kier alpha value is -17.5. The number of non-ortho nitro benzene ring substituents is 1. The number of aromatic nitrogens is 1. The number of benzene rings is 12. The van der Waals surface area contributed by atoms with Crippen LogP contribution in [0.1, 0.15) is 74.0 Å². The molecule has 0 saturated heterocycles. The molecule has 0 fully saturated rings. The number of halogens is 3. The molecule has 0 atom stereocenters. The number of azo groups is 6. The second-order valence-corrected chi connectivity index (χ2v) is 28.2. The number of anilines is 1. The van der Waals surface area contributed by atoms with Gasteiger partial charge in [-0.05, 0) is 225 Å². The van der Waals surface area contributed by atoms with Crippen LogP contribution in [0, 0.1) is 17.0 Å². The Morgan fingerprint density at radius 3 is 1.37 bits per heavy atom. The normalized spacial score (nSPS) is 10.9. The van der Waals surface area contributed by atoms with Gasteiger partial charge in [-0.25, -0.2) is 37.4 Å². The smallest absolute Gasteiger partial charge is 0.872 e. The summed E-state index contributed by atoms with van der Waals surface area (Å²) in [5.41, 5.74) is 3.51. The molecule has 678 valence electrons. The van der Waals surface area contributed by atoms with Gasteiger partial charge in [-0.15, -0.1) is 11.7 Å². The fourth-order valence-electron chi connectivity index (χ4n) is 10.5. The molecule has 11 N–H and O–H groups in total. The van der Waals surface area contributed by atoms with Crippen LogP contribution in [0.3, 0.4) is 0 Å². The van der Waals surface area contributed by atoms with Gasteiger partial charge in [0, 0.05) is 23.9 Å². The molecule has 1 heterocycles. The number of carbonyl (C=O) groups excluding carboxylic acids is 2. The topological polar surface area (TPSA) is 597 Å². The van der Waals surface area contributed by atoms with E-state index >= 15 is 0 Å². The first-order valence-corrected chi connectivity index (χ1v) is 39.4. The van der Waals surface area contributed by atoms with Crippen LogP contribution in [-0.4, -0.2) is 119 Å². The number of aryl methyl sites for hydroxylation is 1. The number of aromatic hydroxyl groups is 6. The summed E-state index contributed by atoms with van der Waals surface area (Å²) in [4.78, 5) is 81.1. The van der Waals surface area contributed by atoms with Gasteiger partial charge in [-0.1, -0.05) is 72.5 Å². The van der Waals surface area contributed by atoms with Gasteiger partial charge >= 0.3 is 71.5 Å². The van der Waals surface area contributed by atoms with Crippen LogP contribution in [-0.2, 0) is 43.3 Å². The molecule has 0 aliphatic carbocycles. The summed E-state index contributed by atoms with van der Waals surface area (Å²) in [6.07, 6.45) is -1.09. The summed E-state index contributed by atoms with van der Waals surface area (Å²) < 4.78 is 74.1. The first kappa shape index (κ1) is 104. The molecule has 0 spiro atoms. The van der Waals surface area contributed by atoms with Crippen LogP contribution in [0.5, 0.6) is 40.2 Å². The number of ether oxygens (including phenoxy) is 2. The predicted molar refractivity (Wildman–Crippen MR) is 472 cm³/mol. The number of hydrogen-bond acceptors (Lipinski definition) is 32. The van der Waals surface area contributed by atoms with Gasteiger partial charge in [0.1, 0.15) is 51.4 Å². The fraction of sp³-hybridized carbons (Fsp3) is 0.0659. The molecule has 13 aromatic rings. The van der Waals surface area contributed by atoms with E-state index in [4.69, 9.17) is 20.4 Å². The van der Waals surface area contributed by atoms with Crippen LogP contribution in [0.4, 0.5) is 92.9 Å². The third-order valence-corrected chi connectivity index (χ3v) is 18.4. The number of esters is 2. The van der Waals surface area contributed by atoms with E-state index in [9.17, 15) is 96.2 Å². The molecule has 0 saturated carbocycles. The first-order valence-electron chi connectivity index (χ1n) is 37.9. The number of aliphatic carboxylic acids is 1. The second-order valence-electron chi connectivity index (χ2n) is 26.5. The number of sulfonamides is 1. The van der Waals surface area contributed by atoms with Crippen molar-refractivity contribution in [1.29, 1.82) is 0 Å². The number of nitro groups is 1. The molecule has 12 aromatic carbocycles. The number of carboxylic acid groups (broad SMARTS) is 4. The quantitative estimate of drug-likeness (QED) is 0.00632. The van der Waals surface area contributed by atoms with E-state index < -0.39 is 90.9 Å². The SMILES string of the molecule is C=CCc1cc(N=Nc2ccccc2)ccc1O.COC(=O)c1cc(N=Nc2ccc(O)c(CC(=O)O)c2)cc(C(=O)OC)c1.Cc1cc(N=Nc2ccccc2)ccc1O.O=C(O)c1c(O)ccc(N=Nc2cccc(C(F)(F)F)c2)c1O.O=C(O)c1cc(N=Nc2ccc(S(=O)(=O)Nc3ccccn3)cc2)ccc1O.O=C(O)c1cc(N=Nc2cccc([N+](=O)[O-])c2)ccc1[O-].[Na+]. The third kappa shape index (κ3) is 32.7. The van der Waals surface area contributed by atoms with Crippen molar-refractivity contribution in [1.82, 2.24) is 4.98 Å². The van der Waals surface area contributed by atoms with E-state index in [2.05, 4.69) is 87.1 Å². The van der Waals surface area contributed by atoms with Crippen LogP contribution in [0.2, 0.25) is 0 Å². The molecule has 0 radical (unpaired) electrons. The number of phenolic OH excluding ortho intramolecular Hbond substituents is 3. The number of allylic oxidation sites excluding steroid dienone is 1. The average Bonchev–Trinajstić information content (AvgIpc) is 0.808. The van der Waals surface area contributed by atoms with E-state index in [-0.39, 0.29) is 137 Å². The molecule has 43 heteroatoms. The van der Waals surface area contributed by atoms with E-state index in [1.54, 1.807) is 48.5 Å². The minimum atomic E-state index is -4.54. The van der Waals surface area contributed by atoms with Crippen LogP contribution in [0.25, 0.3) is 0 Å². The van der Waals surface area contributed by atoms with Crippen molar-refractivity contribution in [2.24, 2.45) is 61.4 Å². The molecule has 0 amide bonds. The summed E-state index contributed by atoms with van der Waals surface area (Å²) in [7, 11) is -1.39. The van der Waals surface area contributed by atoms with Gasteiger partial charge in [0.05, 0.1) is 115 Å². The molecule has 13 rings (SSSR count). The Morgan fingerprint density at radius 2 is 0.881 bits per heavy atom. The zero-order valence-electron chi connectivity index (χ0n) is 70.3. The summed E-state index contributed by atoms with van der Waals surface area (Å²) in [5.74, 6) is -8.60. The van der Waals surface area contributed by atoms with Crippen molar-refractivity contribution in [3.63, 3.8) is 0 Å². The Morgan fingerprint density at radius 1 is 0.455 bits per heavy atom. The Balaban J connectivity index is 0.000000221. The number of nitro benzene ring substituents is 1. The number of hydrogen-bond donors (Lipinski definition) is 11. The fourth-order valence-corrected chi connectivity index (χ4v) is 11.5. The van der Waals surface area contributed by atoms with Crippen molar-refractivity contribution >= 4 is 126 Å². The summed E-state index contributed by atoms with van der Waals surface area (Å²) in [6.45, 7) is 5.49. The minimum absolute atomic E-state index is 0. The van der Waals surface area contributed by atoms with Crippen LogP contribution < -0.4 is 39.4 Å². The van der Waals surface area contributed by atoms with Gasteiger partial charge < -0.3 is 65.6 Å².